The molecule has 0 unspecified atom stereocenters. The van der Waals surface area contributed by atoms with Crippen molar-refractivity contribution in [3.05, 3.63) is 0 Å². The number of carbonyl (C=O) groups excluding carboxylic acids is 4. The normalized spacial score (nSPS) is 8.85. The molecule has 0 aliphatic heterocycles. The summed E-state index contributed by atoms with van der Waals surface area (Å²) in [7, 11) is 0. The van der Waals surface area contributed by atoms with E-state index in [0.29, 0.717) is 0 Å². The molecule has 0 bridgehead atoms. The molecule has 0 heterocycles. The Bertz CT molecular complexity index is 362. The topological polar surface area (TPSA) is 161 Å². The molecule has 8 nitrogen and oxygen atoms in total. The van der Waals surface area contributed by atoms with E-state index < -0.39 is 23.9 Å². The van der Waals surface area contributed by atoms with Crippen LogP contribution in [0.5, 0.6) is 0 Å². The minimum atomic E-state index is -0.932. The molecule has 0 radical (unpaired) electrons. The molecule has 0 amide bonds. The maximum atomic E-state index is 9.76. The predicted molar refractivity (Wildman–Crippen MR) is 117 cm³/mol. The van der Waals surface area contributed by atoms with Gasteiger partial charge in [-0.25, -0.2) is 0 Å². The van der Waals surface area contributed by atoms with Crippen LogP contribution in [-0.2, 0) is 19.2 Å². The van der Waals surface area contributed by atoms with E-state index in [4.69, 9.17) is 0 Å². The minimum Gasteiger partial charge on any atom is -0.550 e. The van der Waals surface area contributed by atoms with Crippen molar-refractivity contribution in [3.63, 3.8) is 0 Å². The molecule has 0 aromatic heterocycles. The predicted octanol–water partition coefficient (Wildman–Crippen LogP) is 1.27. The van der Waals surface area contributed by atoms with Crippen molar-refractivity contribution in [2.24, 2.45) is 0 Å². The largest absolute Gasteiger partial charge is 4.00 e. The van der Waals surface area contributed by atoms with Crippen LogP contribution in [0.2, 0.25) is 0 Å². The van der Waals surface area contributed by atoms with Crippen molar-refractivity contribution in [2.75, 3.05) is 0 Å². The summed E-state index contributed by atoms with van der Waals surface area (Å²) < 4.78 is 0. The summed E-state index contributed by atoms with van der Waals surface area (Å²) in [4.78, 5) is 39.1. The second kappa shape index (κ2) is 38.5. The summed E-state index contributed by atoms with van der Waals surface area (Å²) in [5.41, 5.74) is 0. The number of unbranched alkanes of at least 4 members (excludes halogenated alkanes) is 8. The van der Waals surface area contributed by atoms with Gasteiger partial charge in [0, 0.05) is 23.9 Å². The van der Waals surface area contributed by atoms with Crippen molar-refractivity contribution in [1.29, 1.82) is 0 Å². The van der Waals surface area contributed by atoms with Gasteiger partial charge in [0.2, 0.25) is 0 Å². The van der Waals surface area contributed by atoms with Gasteiger partial charge >= 0.3 is 41.7 Å². The van der Waals surface area contributed by atoms with Gasteiger partial charge in [-0.15, -0.1) is 0 Å². The molecule has 0 N–H and O–H groups in total. The maximum Gasteiger partial charge on any atom is 4.00 e. The monoisotopic (exact) mass is 600 g/mol. The van der Waals surface area contributed by atoms with Crippen LogP contribution < -0.4 is 20.4 Å². The van der Waals surface area contributed by atoms with Gasteiger partial charge in [-0.2, -0.15) is 0 Å². The Balaban J connectivity index is -0.000000105. The summed E-state index contributed by atoms with van der Waals surface area (Å²) in [5, 5.41) is 39.1. The number of carboxylic acids is 4. The van der Waals surface area contributed by atoms with Crippen LogP contribution >= 0.6 is 0 Å². The Hall–Kier alpha value is -0.743. The number of carboxylic acid groups (broad SMARTS) is 4. The standard InChI is InChI=1S/4C6H12O2.Ce/c4*1-2-3-4-5-6(7)8;/h4*2-5H2,1H3,(H,7,8);/q;;;;+4/p-4. The Morgan fingerprint density at radius 3 is 0.636 bits per heavy atom. The molecule has 0 atom stereocenters. The molecule has 0 rings (SSSR count). The molecular formula is C24H44CeO8. The van der Waals surface area contributed by atoms with Crippen LogP contribution in [-0.4, -0.2) is 23.9 Å². The Labute approximate surface area is 234 Å². The summed E-state index contributed by atoms with van der Waals surface area (Å²) in [6, 6.07) is 0. The van der Waals surface area contributed by atoms with E-state index >= 15 is 0 Å². The average Bonchev–Trinajstić information content (AvgIpc) is 2.69. The van der Waals surface area contributed by atoms with Crippen LogP contribution in [0, 0.1) is 41.7 Å². The van der Waals surface area contributed by atoms with E-state index in [2.05, 4.69) is 0 Å². The average molecular weight is 601 g/mol. The molecule has 0 saturated heterocycles. The second-order valence-corrected chi connectivity index (χ2v) is 7.32. The second-order valence-electron chi connectivity index (χ2n) is 7.32. The fourth-order valence-electron chi connectivity index (χ4n) is 2.08. The van der Waals surface area contributed by atoms with E-state index in [-0.39, 0.29) is 67.4 Å². The molecule has 9 heteroatoms. The zero-order chi connectivity index (χ0) is 25.6. The number of carbonyl (C=O) groups is 4. The van der Waals surface area contributed by atoms with Gasteiger partial charge in [0.15, 0.2) is 0 Å². The maximum absolute atomic E-state index is 9.76. The molecule has 192 valence electrons. The van der Waals surface area contributed by atoms with E-state index in [1.165, 1.54) is 0 Å². The molecule has 0 aliphatic rings. The smallest absolute Gasteiger partial charge is 0.550 e. The molecule has 0 fully saturated rings. The summed E-state index contributed by atoms with van der Waals surface area (Å²) >= 11 is 0. The molecule has 33 heavy (non-hydrogen) atoms. The van der Waals surface area contributed by atoms with Gasteiger partial charge in [-0.3, -0.25) is 0 Å². The molecule has 0 aliphatic carbocycles. The Kier molecular flexibility index (Phi) is 49.5. The zero-order valence-electron chi connectivity index (χ0n) is 21.1. The number of hydrogen-bond donors (Lipinski definition) is 0. The quantitative estimate of drug-likeness (QED) is 0.239. The van der Waals surface area contributed by atoms with Crippen molar-refractivity contribution < 1.29 is 81.4 Å². The number of hydrogen-bond acceptors (Lipinski definition) is 8. The minimum absolute atomic E-state index is 0. The van der Waals surface area contributed by atoms with Crippen molar-refractivity contribution in [3.8, 4) is 0 Å². The fraction of sp³-hybridized carbons (Fsp3) is 0.833. The van der Waals surface area contributed by atoms with E-state index in [0.717, 1.165) is 77.0 Å². The van der Waals surface area contributed by atoms with Gasteiger partial charge in [0.05, 0.1) is 0 Å². The first kappa shape index (κ1) is 42.4. The number of rotatable bonds is 16. The van der Waals surface area contributed by atoms with Gasteiger partial charge in [-0.05, 0) is 51.4 Å². The summed E-state index contributed by atoms with van der Waals surface area (Å²) in [6.07, 6.45) is 12.1. The number of aliphatic carboxylic acids is 4. The Morgan fingerprint density at radius 2 is 0.545 bits per heavy atom. The van der Waals surface area contributed by atoms with Gasteiger partial charge < -0.3 is 39.6 Å². The fourth-order valence-corrected chi connectivity index (χ4v) is 2.08. The van der Waals surface area contributed by atoms with Gasteiger partial charge in [-0.1, -0.05) is 79.1 Å². The van der Waals surface area contributed by atoms with Crippen LogP contribution in [0.3, 0.4) is 0 Å². The molecule has 0 aromatic carbocycles. The van der Waals surface area contributed by atoms with Crippen LogP contribution in [0.1, 0.15) is 130 Å². The molecule has 0 spiro atoms. The van der Waals surface area contributed by atoms with Crippen LogP contribution in [0.15, 0.2) is 0 Å². The first-order valence-electron chi connectivity index (χ1n) is 11.9. The Morgan fingerprint density at radius 1 is 0.394 bits per heavy atom. The SMILES string of the molecule is CCCCCC(=O)[O-].CCCCCC(=O)[O-].CCCCCC(=O)[O-].CCCCCC(=O)[O-].[Ce+4]. The van der Waals surface area contributed by atoms with Crippen molar-refractivity contribution in [1.82, 2.24) is 0 Å². The van der Waals surface area contributed by atoms with Crippen LogP contribution in [0.4, 0.5) is 0 Å². The molecular weight excluding hydrogens is 556 g/mol. The van der Waals surface area contributed by atoms with Crippen molar-refractivity contribution in [2.45, 2.75) is 130 Å². The third-order valence-electron chi connectivity index (χ3n) is 3.94. The van der Waals surface area contributed by atoms with Crippen LogP contribution in [0.25, 0.3) is 0 Å². The molecule has 0 aromatic rings. The molecule has 0 saturated carbocycles. The third kappa shape index (κ3) is 72.1. The van der Waals surface area contributed by atoms with Gasteiger partial charge in [0.25, 0.3) is 0 Å². The van der Waals surface area contributed by atoms with Crippen molar-refractivity contribution >= 4 is 23.9 Å². The first-order chi connectivity index (χ1) is 15.1. The van der Waals surface area contributed by atoms with E-state index in [9.17, 15) is 39.6 Å². The zero-order valence-corrected chi connectivity index (χ0v) is 24.2. The van der Waals surface area contributed by atoms with E-state index in [1.54, 1.807) is 0 Å². The first-order valence-corrected chi connectivity index (χ1v) is 11.9. The summed E-state index contributed by atoms with van der Waals surface area (Å²) in [5.74, 6) is -3.73. The van der Waals surface area contributed by atoms with Gasteiger partial charge in [0.1, 0.15) is 0 Å². The third-order valence-corrected chi connectivity index (χ3v) is 3.94. The summed E-state index contributed by atoms with van der Waals surface area (Å²) in [6.45, 7) is 8.15. The van der Waals surface area contributed by atoms with E-state index in [1.807, 2.05) is 27.7 Å².